The first-order valence-corrected chi connectivity index (χ1v) is 8.57. The number of nitrogens with zero attached hydrogens (tertiary/aromatic N) is 2. The molecule has 1 atom stereocenters. The van der Waals surface area contributed by atoms with E-state index in [2.05, 4.69) is 0 Å². The van der Waals surface area contributed by atoms with Gasteiger partial charge in [-0.05, 0) is 19.9 Å². The van der Waals surface area contributed by atoms with E-state index in [-0.39, 0.29) is 24.8 Å². The molecule has 1 rings (SSSR count). The molecule has 1 aliphatic rings. The smallest absolute Gasteiger partial charge is 0.250 e. The molecule has 0 spiro atoms. The van der Waals surface area contributed by atoms with Crippen molar-refractivity contribution in [1.82, 2.24) is 9.96 Å². The van der Waals surface area contributed by atoms with Crippen molar-refractivity contribution in [3.8, 4) is 0 Å². The highest BCUT2D eigenvalue weighted by Crippen LogP contribution is 2.35. The Balaban J connectivity index is 2.41. The fraction of sp³-hybridized carbons (Fsp3) is 0.909. The number of carbonyl (C=O) groups excluding carboxylic acids is 1. The number of carbonyl (C=O) groups is 1. The lowest BCUT2D eigenvalue weighted by atomic mass is 9.88. The lowest BCUT2D eigenvalue weighted by molar-refractivity contribution is -0.178. The Labute approximate surface area is 108 Å². The molecule has 7 heteroatoms. The summed E-state index contributed by atoms with van der Waals surface area (Å²) in [6.07, 6.45) is 4.82. The first kappa shape index (κ1) is 15.6. The van der Waals surface area contributed by atoms with Crippen LogP contribution in [0.2, 0.25) is 0 Å². The third kappa shape index (κ3) is 5.48. The standard InChI is InChI=1S/C11H23N2O4P/c1-12(9-18(2,16)17)8-13(15)11(14)10-6-4-3-5-7-10/h10,15H,3-9H2,1-2H3,(H,16,17). The lowest BCUT2D eigenvalue weighted by Gasteiger charge is -2.28. The van der Waals surface area contributed by atoms with Crippen molar-refractivity contribution in [3.63, 3.8) is 0 Å². The van der Waals surface area contributed by atoms with Gasteiger partial charge in [0, 0.05) is 12.6 Å². The van der Waals surface area contributed by atoms with Crippen LogP contribution in [0.15, 0.2) is 0 Å². The van der Waals surface area contributed by atoms with Crippen molar-refractivity contribution >= 4 is 13.3 Å². The fourth-order valence-corrected chi connectivity index (χ4v) is 3.34. The van der Waals surface area contributed by atoms with E-state index in [0.717, 1.165) is 32.1 Å². The van der Waals surface area contributed by atoms with Gasteiger partial charge >= 0.3 is 0 Å². The summed E-state index contributed by atoms with van der Waals surface area (Å²) < 4.78 is 11.2. The van der Waals surface area contributed by atoms with Crippen molar-refractivity contribution in [2.45, 2.75) is 32.1 Å². The van der Waals surface area contributed by atoms with Gasteiger partial charge in [-0.15, -0.1) is 0 Å². The second-order valence-electron chi connectivity index (χ2n) is 5.26. The molecule has 18 heavy (non-hydrogen) atoms. The van der Waals surface area contributed by atoms with Crippen molar-refractivity contribution in [2.75, 3.05) is 26.7 Å². The predicted octanol–water partition coefficient (Wildman–Crippen LogP) is 1.53. The summed E-state index contributed by atoms with van der Waals surface area (Å²) in [5.74, 6) is -0.370. The molecule has 1 aliphatic carbocycles. The summed E-state index contributed by atoms with van der Waals surface area (Å²) in [5.41, 5.74) is 0. The van der Waals surface area contributed by atoms with Gasteiger partial charge in [0.05, 0.1) is 6.29 Å². The molecule has 0 aliphatic heterocycles. The molecule has 6 nitrogen and oxygen atoms in total. The first-order valence-electron chi connectivity index (χ1n) is 6.27. The Morgan fingerprint density at radius 3 is 2.39 bits per heavy atom. The van der Waals surface area contributed by atoms with Crippen LogP contribution in [0.3, 0.4) is 0 Å². The van der Waals surface area contributed by atoms with Crippen LogP contribution in [0.1, 0.15) is 32.1 Å². The van der Waals surface area contributed by atoms with Crippen molar-refractivity contribution in [2.24, 2.45) is 5.92 Å². The maximum absolute atomic E-state index is 11.9. The van der Waals surface area contributed by atoms with E-state index in [1.54, 1.807) is 7.05 Å². The van der Waals surface area contributed by atoms with E-state index in [9.17, 15) is 19.5 Å². The van der Waals surface area contributed by atoms with E-state index in [0.29, 0.717) is 5.06 Å². The topological polar surface area (TPSA) is 81.1 Å². The Morgan fingerprint density at radius 1 is 1.33 bits per heavy atom. The number of hydrogen-bond acceptors (Lipinski definition) is 4. The molecule has 0 bridgehead atoms. The highest BCUT2D eigenvalue weighted by molar-refractivity contribution is 7.57. The molecule has 0 aromatic rings. The Hall–Kier alpha value is -0.420. The van der Waals surface area contributed by atoms with Gasteiger partial charge in [-0.3, -0.25) is 19.5 Å². The molecule has 0 aromatic carbocycles. The van der Waals surface area contributed by atoms with E-state index in [1.807, 2.05) is 0 Å². The van der Waals surface area contributed by atoms with E-state index >= 15 is 0 Å². The summed E-state index contributed by atoms with van der Waals surface area (Å²) in [7, 11) is -1.56. The molecule has 1 amide bonds. The second-order valence-corrected chi connectivity index (χ2v) is 7.65. The van der Waals surface area contributed by atoms with Gasteiger partial charge < -0.3 is 4.89 Å². The summed E-state index contributed by atoms with van der Waals surface area (Å²) in [4.78, 5) is 22.6. The quantitative estimate of drug-likeness (QED) is 0.345. The highest BCUT2D eigenvalue weighted by atomic mass is 31.2. The minimum absolute atomic E-state index is 0.0340. The zero-order valence-electron chi connectivity index (χ0n) is 11.1. The largest absolute Gasteiger partial charge is 0.344 e. The Kier molecular flexibility index (Phi) is 5.79. The van der Waals surface area contributed by atoms with E-state index in [1.165, 1.54) is 11.6 Å². The summed E-state index contributed by atoms with van der Waals surface area (Å²) in [6.45, 7) is 1.22. The molecule has 0 saturated heterocycles. The van der Waals surface area contributed by atoms with E-state index in [4.69, 9.17) is 0 Å². The van der Waals surface area contributed by atoms with Crippen LogP contribution in [0.5, 0.6) is 0 Å². The van der Waals surface area contributed by atoms with Gasteiger partial charge in [0.2, 0.25) is 13.3 Å². The van der Waals surface area contributed by atoms with Gasteiger partial charge in [-0.25, -0.2) is 5.06 Å². The van der Waals surface area contributed by atoms with Crippen LogP contribution in [0.25, 0.3) is 0 Å². The highest BCUT2D eigenvalue weighted by Gasteiger charge is 2.26. The molecule has 1 fully saturated rings. The average Bonchev–Trinajstić information content (AvgIpc) is 2.26. The van der Waals surface area contributed by atoms with Crippen LogP contribution in [-0.4, -0.2) is 52.6 Å². The molecular formula is C11H23N2O4P. The summed E-state index contributed by atoms with van der Waals surface area (Å²) in [5, 5.41) is 10.4. The second kappa shape index (κ2) is 6.66. The molecule has 1 saturated carbocycles. The zero-order chi connectivity index (χ0) is 13.8. The third-order valence-electron chi connectivity index (χ3n) is 3.09. The molecular weight excluding hydrogens is 255 g/mol. The lowest BCUT2D eigenvalue weighted by Crippen LogP contribution is -2.41. The van der Waals surface area contributed by atoms with Gasteiger partial charge in [0.1, 0.15) is 6.67 Å². The van der Waals surface area contributed by atoms with Crippen LogP contribution in [0, 0.1) is 5.92 Å². The van der Waals surface area contributed by atoms with Gasteiger partial charge in [-0.1, -0.05) is 19.3 Å². The fourth-order valence-electron chi connectivity index (χ4n) is 2.35. The summed E-state index contributed by atoms with van der Waals surface area (Å²) >= 11 is 0. The number of rotatable bonds is 5. The summed E-state index contributed by atoms with van der Waals surface area (Å²) in [6, 6.07) is 0. The Morgan fingerprint density at radius 2 is 1.89 bits per heavy atom. The third-order valence-corrected chi connectivity index (χ3v) is 4.10. The predicted molar refractivity (Wildman–Crippen MR) is 68.5 cm³/mol. The first-order chi connectivity index (χ1) is 8.29. The SMILES string of the molecule is CN(CN(O)C(=O)C1CCCCC1)CP(C)(=O)O. The molecule has 1 unspecified atom stereocenters. The molecule has 106 valence electrons. The van der Waals surface area contributed by atoms with Gasteiger partial charge in [0.15, 0.2) is 0 Å². The van der Waals surface area contributed by atoms with Crippen LogP contribution in [0.4, 0.5) is 0 Å². The maximum Gasteiger partial charge on any atom is 0.250 e. The molecule has 0 aromatic heterocycles. The maximum atomic E-state index is 11.9. The molecule has 0 radical (unpaired) electrons. The van der Waals surface area contributed by atoms with Crippen molar-refractivity contribution in [3.05, 3.63) is 0 Å². The number of hydroxylamine groups is 2. The number of amides is 1. The van der Waals surface area contributed by atoms with Gasteiger partial charge in [-0.2, -0.15) is 0 Å². The van der Waals surface area contributed by atoms with E-state index < -0.39 is 7.37 Å². The number of hydrogen-bond donors (Lipinski definition) is 2. The molecule has 2 N–H and O–H groups in total. The van der Waals surface area contributed by atoms with Crippen LogP contribution < -0.4 is 0 Å². The van der Waals surface area contributed by atoms with Gasteiger partial charge in [0.25, 0.3) is 0 Å². The average molecular weight is 278 g/mol. The van der Waals surface area contributed by atoms with Crippen molar-refractivity contribution < 1.29 is 19.5 Å². The minimum atomic E-state index is -3.16. The minimum Gasteiger partial charge on any atom is -0.344 e. The Bertz CT molecular complexity index is 325. The normalized spacial score (nSPS) is 20.7. The van der Waals surface area contributed by atoms with Crippen LogP contribution in [-0.2, 0) is 9.36 Å². The van der Waals surface area contributed by atoms with Crippen molar-refractivity contribution in [1.29, 1.82) is 0 Å². The molecule has 0 heterocycles. The monoisotopic (exact) mass is 278 g/mol. The van der Waals surface area contributed by atoms with Crippen LogP contribution >= 0.6 is 7.37 Å². The zero-order valence-corrected chi connectivity index (χ0v) is 12.0.